The van der Waals surface area contributed by atoms with Crippen LogP contribution in [0.2, 0.25) is 0 Å². The van der Waals surface area contributed by atoms with Crippen LogP contribution in [0.25, 0.3) is 0 Å². The van der Waals surface area contributed by atoms with Gasteiger partial charge in [0.1, 0.15) is 11.5 Å². The van der Waals surface area contributed by atoms with Crippen molar-refractivity contribution < 1.29 is 4.74 Å². The molecule has 3 heteroatoms. The fourth-order valence-electron chi connectivity index (χ4n) is 2.07. The first-order chi connectivity index (χ1) is 9.65. The second kappa shape index (κ2) is 7.28. The summed E-state index contributed by atoms with van der Waals surface area (Å²) in [4.78, 5) is 0. The van der Waals surface area contributed by atoms with Gasteiger partial charge in [-0.15, -0.1) is 0 Å². The molecular formula is C17H18Br2O. The molecule has 0 aliphatic heterocycles. The number of para-hydroxylation sites is 1. The number of rotatable bonds is 5. The first kappa shape index (κ1) is 15.6. The van der Waals surface area contributed by atoms with E-state index in [1.165, 1.54) is 5.56 Å². The summed E-state index contributed by atoms with van der Waals surface area (Å²) in [6.07, 6.45) is 1.10. The summed E-state index contributed by atoms with van der Waals surface area (Å²) in [7, 11) is 0. The van der Waals surface area contributed by atoms with Gasteiger partial charge in [-0.3, -0.25) is 0 Å². The SMILES string of the molecule is CCC(C)c1ccccc1Oc1ccc(Br)cc1CBr. The van der Waals surface area contributed by atoms with E-state index in [1.807, 2.05) is 24.3 Å². The van der Waals surface area contributed by atoms with Gasteiger partial charge in [0.2, 0.25) is 0 Å². The quantitative estimate of drug-likeness (QED) is 0.513. The number of hydrogen-bond acceptors (Lipinski definition) is 1. The number of ether oxygens (including phenoxy) is 1. The minimum absolute atomic E-state index is 0.495. The molecule has 0 aliphatic carbocycles. The van der Waals surface area contributed by atoms with Crippen molar-refractivity contribution in [3.05, 3.63) is 58.1 Å². The molecule has 2 rings (SSSR count). The molecule has 1 atom stereocenters. The molecule has 1 unspecified atom stereocenters. The van der Waals surface area contributed by atoms with Crippen LogP contribution in [0.5, 0.6) is 11.5 Å². The average Bonchev–Trinajstić information content (AvgIpc) is 2.48. The Balaban J connectivity index is 2.35. The molecule has 20 heavy (non-hydrogen) atoms. The van der Waals surface area contributed by atoms with E-state index in [-0.39, 0.29) is 0 Å². The lowest BCUT2D eigenvalue weighted by atomic mass is 9.98. The molecule has 106 valence electrons. The smallest absolute Gasteiger partial charge is 0.131 e. The summed E-state index contributed by atoms with van der Waals surface area (Å²) in [5.41, 5.74) is 2.40. The molecule has 2 aromatic carbocycles. The molecule has 0 bridgehead atoms. The van der Waals surface area contributed by atoms with Gasteiger partial charge in [0.25, 0.3) is 0 Å². The number of alkyl halides is 1. The van der Waals surface area contributed by atoms with E-state index in [0.717, 1.165) is 33.3 Å². The molecule has 0 radical (unpaired) electrons. The maximum atomic E-state index is 6.16. The van der Waals surface area contributed by atoms with Gasteiger partial charge in [0, 0.05) is 15.4 Å². The monoisotopic (exact) mass is 396 g/mol. The van der Waals surface area contributed by atoms with Crippen molar-refractivity contribution in [1.29, 1.82) is 0 Å². The fourth-order valence-corrected chi connectivity index (χ4v) is 2.92. The Bertz CT molecular complexity index is 581. The Morgan fingerprint density at radius 3 is 2.55 bits per heavy atom. The minimum Gasteiger partial charge on any atom is -0.457 e. The second-order valence-corrected chi connectivity index (χ2v) is 6.31. The van der Waals surface area contributed by atoms with Crippen molar-refractivity contribution in [3.8, 4) is 11.5 Å². The topological polar surface area (TPSA) is 9.23 Å². The van der Waals surface area contributed by atoms with Gasteiger partial charge in [0.15, 0.2) is 0 Å². The molecule has 0 heterocycles. The Labute approximate surface area is 137 Å². The van der Waals surface area contributed by atoms with Crippen LogP contribution in [0, 0.1) is 0 Å². The van der Waals surface area contributed by atoms with E-state index in [4.69, 9.17) is 4.74 Å². The highest BCUT2D eigenvalue weighted by atomic mass is 79.9. The first-order valence-electron chi connectivity index (χ1n) is 6.76. The van der Waals surface area contributed by atoms with Gasteiger partial charge in [-0.1, -0.05) is 63.9 Å². The van der Waals surface area contributed by atoms with Crippen molar-refractivity contribution in [2.45, 2.75) is 31.5 Å². The van der Waals surface area contributed by atoms with E-state index in [1.54, 1.807) is 0 Å². The maximum Gasteiger partial charge on any atom is 0.131 e. The van der Waals surface area contributed by atoms with Crippen LogP contribution in [0.1, 0.15) is 37.3 Å². The summed E-state index contributed by atoms with van der Waals surface area (Å²) in [6.45, 7) is 4.43. The summed E-state index contributed by atoms with van der Waals surface area (Å²) in [6, 6.07) is 14.4. The van der Waals surface area contributed by atoms with Crippen LogP contribution >= 0.6 is 31.9 Å². The Kier molecular flexibility index (Phi) is 5.67. The van der Waals surface area contributed by atoms with Crippen LogP contribution in [0.15, 0.2) is 46.9 Å². The largest absolute Gasteiger partial charge is 0.457 e. The van der Waals surface area contributed by atoms with Crippen molar-refractivity contribution in [3.63, 3.8) is 0 Å². The lowest BCUT2D eigenvalue weighted by Gasteiger charge is -2.17. The maximum absolute atomic E-state index is 6.16. The molecule has 0 saturated heterocycles. The molecule has 0 aliphatic rings. The Morgan fingerprint density at radius 2 is 1.85 bits per heavy atom. The van der Waals surface area contributed by atoms with Gasteiger partial charge >= 0.3 is 0 Å². The van der Waals surface area contributed by atoms with E-state index in [2.05, 4.69) is 63.9 Å². The number of hydrogen-bond donors (Lipinski definition) is 0. The summed E-state index contributed by atoms with van der Waals surface area (Å²) in [5, 5.41) is 0.771. The summed E-state index contributed by atoms with van der Waals surface area (Å²) >= 11 is 7.01. The molecule has 0 fully saturated rings. The van der Waals surface area contributed by atoms with E-state index in [9.17, 15) is 0 Å². The predicted molar refractivity (Wildman–Crippen MR) is 92.0 cm³/mol. The Morgan fingerprint density at radius 1 is 1.10 bits per heavy atom. The number of benzene rings is 2. The van der Waals surface area contributed by atoms with Gasteiger partial charge in [0.05, 0.1) is 0 Å². The van der Waals surface area contributed by atoms with Crippen LogP contribution < -0.4 is 4.74 Å². The minimum atomic E-state index is 0.495. The summed E-state index contributed by atoms with van der Waals surface area (Å²) in [5.74, 6) is 2.35. The molecule has 0 amide bonds. The average molecular weight is 398 g/mol. The molecule has 0 saturated carbocycles. The molecular weight excluding hydrogens is 380 g/mol. The zero-order valence-electron chi connectivity index (χ0n) is 11.7. The normalized spacial score (nSPS) is 12.2. The lowest BCUT2D eigenvalue weighted by molar-refractivity contribution is 0.466. The standard InChI is InChI=1S/C17H18Br2O/c1-3-12(2)15-6-4-5-7-17(15)20-16-9-8-14(19)10-13(16)11-18/h4-10,12H,3,11H2,1-2H3. The zero-order valence-corrected chi connectivity index (χ0v) is 14.9. The van der Waals surface area contributed by atoms with E-state index < -0.39 is 0 Å². The van der Waals surface area contributed by atoms with E-state index >= 15 is 0 Å². The van der Waals surface area contributed by atoms with Crippen molar-refractivity contribution in [1.82, 2.24) is 0 Å². The van der Waals surface area contributed by atoms with Crippen molar-refractivity contribution in [2.24, 2.45) is 0 Å². The zero-order chi connectivity index (χ0) is 14.5. The molecule has 1 nitrogen and oxygen atoms in total. The highest BCUT2D eigenvalue weighted by Crippen LogP contribution is 2.34. The van der Waals surface area contributed by atoms with Crippen LogP contribution in [0.4, 0.5) is 0 Å². The van der Waals surface area contributed by atoms with Gasteiger partial charge in [-0.25, -0.2) is 0 Å². The highest BCUT2D eigenvalue weighted by Gasteiger charge is 2.12. The lowest BCUT2D eigenvalue weighted by Crippen LogP contribution is -1.97. The van der Waals surface area contributed by atoms with Crippen LogP contribution in [-0.4, -0.2) is 0 Å². The van der Waals surface area contributed by atoms with Crippen LogP contribution in [0.3, 0.4) is 0 Å². The van der Waals surface area contributed by atoms with Gasteiger partial charge in [-0.05, 0) is 42.2 Å². The number of halogens is 2. The second-order valence-electron chi connectivity index (χ2n) is 4.83. The first-order valence-corrected chi connectivity index (χ1v) is 8.68. The molecule has 0 N–H and O–H groups in total. The third kappa shape index (κ3) is 3.64. The van der Waals surface area contributed by atoms with Crippen LogP contribution in [-0.2, 0) is 5.33 Å². The van der Waals surface area contributed by atoms with E-state index in [0.29, 0.717) is 5.92 Å². The van der Waals surface area contributed by atoms with Crippen molar-refractivity contribution in [2.75, 3.05) is 0 Å². The highest BCUT2D eigenvalue weighted by molar-refractivity contribution is 9.10. The fraction of sp³-hybridized carbons (Fsp3) is 0.294. The third-order valence-corrected chi connectivity index (χ3v) is 4.55. The Hall–Kier alpha value is -0.800. The molecule has 0 spiro atoms. The van der Waals surface area contributed by atoms with Gasteiger partial charge in [-0.2, -0.15) is 0 Å². The predicted octanol–water partition coefficient (Wildman–Crippen LogP) is 6.65. The molecule has 0 aromatic heterocycles. The summed E-state index contributed by atoms with van der Waals surface area (Å²) < 4.78 is 7.22. The third-order valence-electron chi connectivity index (χ3n) is 3.45. The van der Waals surface area contributed by atoms with Gasteiger partial charge < -0.3 is 4.74 Å². The van der Waals surface area contributed by atoms with Crippen molar-refractivity contribution >= 4 is 31.9 Å². The molecule has 2 aromatic rings.